The Morgan fingerprint density at radius 2 is 1.84 bits per heavy atom. The van der Waals surface area contributed by atoms with Crippen LogP contribution in [0.2, 0.25) is 0 Å². The number of nitrogens with zero attached hydrogens (tertiary/aromatic N) is 3. The third kappa shape index (κ3) is 5.93. The lowest BCUT2D eigenvalue weighted by Gasteiger charge is -2.32. The van der Waals surface area contributed by atoms with E-state index in [9.17, 15) is 14.4 Å². The molecule has 0 unspecified atom stereocenters. The zero-order valence-corrected chi connectivity index (χ0v) is 21.9. The van der Waals surface area contributed by atoms with Gasteiger partial charge in [-0.3, -0.25) is 14.4 Å². The molecule has 1 aromatic carbocycles. The van der Waals surface area contributed by atoms with Crippen molar-refractivity contribution in [2.75, 3.05) is 23.7 Å². The summed E-state index contributed by atoms with van der Waals surface area (Å²) in [6.45, 7) is 9.64. The average Bonchev–Trinajstić information content (AvgIpc) is 3.15. The monoisotopic (exact) mass is 505 g/mol. The predicted octanol–water partition coefficient (Wildman–Crippen LogP) is 4.22. The van der Waals surface area contributed by atoms with Crippen molar-refractivity contribution in [2.45, 2.75) is 59.9 Å². The van der Waals surface area contributed by atoms with Crippen LogP contribution in [-0.2, 0) is 20.9 Å². The molecule has 2 amide bonds. The number of fused-ring (bicyclic) bond motifs is 1. The molecule has 0 bridgehead atoms. The van der Waals surface area contributed by atoms with Crippen molar-refractivity contribution in [1.29, 1.82) is 0 Å². The highest BCUT2D eigenvalue weighted by Gasteiger charge is 2.29. The van der Waals surface area contributed by atoms with E-state index in [1.54, 1.807) is 4.90 Å². The third-order valence-corrected chi connectivity index (χ3v) is 7.26. The normalized spacial score (nSPS) is 15.6. The number of carbonyl (C=O) groups is 3. The number of amides is 2. The molecule has 37 heavy (non-hydrogen) atoms. The maximum atomic E-state index is 13.2. The fourth-order valence-electron chi connectivity index (χ4n) is 4.92. The summed E-state index contributed by atoms with van der Waals surface area (Å²) in [7, 11) is 0. The number of nitrogens with one attached hydrogen (secondary N) is 2. The quantitative estimate of drug-likeness (QED) is 0.422. The van der Waals surface area contributed by atoms with Gasteiger partial charge in [0, 0.05) is 37.9 Å². The minimum absolute atomic E-state index is 0.0466. The maximum Gasteiger partial charge on any atom is 0.303 e. The predicted molar refractivity (Wildman–Crippen MR) is 143 cm³/mol. The number of rotatable bonds is 8. The Hall–Kier alpha value is -3.88. The Labute approximate surface area is 216 Å². The van der Waals surface area contributed by atoms with Crippen molar-refractivity contribution < 1.29 is 19.5 Å². The van der Waals surface area contributed by atoms with Gasteiger partial charge in [-0.15, -0.1) is 0 Å². The number of aryl methyl sites for hydroxylation is 4. The van der Waals surface area contributed by atoms with Crippen LogP contribution >= 0.6 is 0 Å². The van der Waals surface area contributed by atoms with Crippen LogP contribution < -0.4 is 10.6 Å². The smallest absolute Gasteiger partial charge is 0.303 e. The summed E-state index contributed by atoms with van der Waals surface area (Å²) in [6, 6.07) is 8.15. The van der Waals surface area contributed by atoms with Gasteiger partial charge in [0.1, 0.15) is 0 Å². The summed E-state index contributed by atoms with van der Waals surface area (Å²) in [5.41, 5.74) is 7.83. The number of aromatic nitrogens is 2. The number of piperidine rings is 1. The summed E-state index contributed by atoms with van der Waals surface area (Å²) in [5.74, 6) is -1.72. The molecule has 2 aromatic heterocycles. The molecule has 3 heterocycles. The molecular weight excluding hydrogens is 470 g/mol. The molecule has 1 atom stereocenters. The number of benzene rings is 1. The van der Waals surface area contributed by atoms with Crippen LogP contribution in [-0.4, -0.2) is 50.3 Å². The Balaban J connectivity index is 1.53. The van der Waals surface area contributed by atoms with Gasteiger partial charge in [-0.05, 0) is 63.3 Å². The van der Waals surface area contributed by atoms with Gasteiger partial charge < -0.3 is 25.0 Å². The molecule has 1 aliphatic heterocycles. The number of likely N-dealkylation sites (tertiary alicyclic amines) is 1. The van der Waals surface area contributed by atoms with Crippen LogP contribution in [0.1, 0.15) is 53.8 Å². The number of aliphatic carboxylic acids is 1. The SMILES string of the molecule is Cc1cccc(C)c1CNc1cc(NC(=O)[C@H]2CCCN(C(=O)CCC(=O)O)C2)cn2c(C)c(C)nc12. The first-order valence-corrected chi connectivity index (χ1v) is 12.7. The molecule has 9 heteroatoms. The number of hydrogen-bond acceptors (Lipinski definition) is 5. The van der Waals surface area contributed by atoms with Crippen molar-refractivity contribution in [2.24, 2.45) is 5.92 Å². The minimum atomic E-state index is -0.998. The van der Waals surface area contributed by atoms with Crippen molar-refractivity contribution in [1.82, 2.24) is 14.3 Å². The molecular formula is C28H35N5O4. The van der Waals surface area contributed by atoms with Gasteiger partial charge in [0.25, 0.3) is 0 Å². The average molecular weight is 506 g/mol. The molecule has 9 nitrogen and oxygen atoms in total. The number of carbonyl (C=O) groups excluding carboxylic acids is 2. The molecule has 196 valence electrons. The van der Waals surface area contributed by atoms with Crippen molar-refractivity contribution >= 4 is 34.8 Å². The zero-order valence-electron chi connectivity index (χ0n) is 21.9. The van der Waals surface area contributed by atoms with Gasteiger partial charge in [-0.2, -0.15) is 0 Å². The second-order valence-corrected chi connectivity index (χ2v) is 9.90. The molecule has 0 saturated carbocycles. The fraction of sp³-hybridized carbons (Fsp3) is 0.429. The minimum Gasteiger partial charge on any atom is -0.481 e. The van der Waals surface area contributed by atoms with Gasteiger partial charge in [0.05, 0.1) is 29.4 Å². The van der Waals surface area contributed by atoms with Crippen molar-refractivity contribution in [3.05, 3.63) is 58.5 Å². The first-order chi connectivity index (χ1) is 17.6. The van der Waals surface area contributed by atoms with Gasteiger partial charge in [-0.25, -0.2) is 4.98 Å². The molecule has 1 fully saturated rings. The molecule has 3 aromatic rings. The first-order valence-electron chi connectivity index (χ1n) is 12.7. The van der Waals surface area contributed by atoms with Crippen LogP contribution in [0.5, 0.6) is 0 Å². The Kier molecular flexibility index (Phi) is 7.80. The second kappa shape index (κ2) is 11.0. The van der Waals surface area contributed by atoms with Crippen LogP contribution in [0.25, 0.3) is 5.65 Å². The summed E-state index contributed by atoms with van der Waals surface area (Å²) < 4.78 is 1.99. The highest BCUT2D eigenvalue weighted by atomic mass is 16.4. The lowest BCUT2D eigenvalue weighted by molar-refractivity contribution is -0.142. The van der Waals surface area contributed by atoms with Crippen LogP contribution in [0.15, 0.2) is 30.5 Å². The van der Waals surface area contributed by atoms with E-state index in [1.165, 1.54) is 16.7 Å². The highest BCUT2D eigenvalue weighted by Crippen LogP contribution is 2.27. The maximum absolute atomic E-state index is 13.2. The second-order valence-electron chi connectivity index (χ2n) is 9.90. The van der Waals surface area contributed by atoms with E-state index in [2.05, 4.69) is 42.7 Å². The van der Waals surface area contributed by atoms with E-state index in [-0.39, 0.29) is 30.6 Å². The third-order valence-electron chi connectivity index (χ3n) is 7.26. The molecule has 0 aliphatic carbocycles. The number of imidazole rings is 1. The summed E-state index contributed by atoms with van der Waals surface area (Å²) in [5, 5.41) is 15.4. The molecule has 4 rings (SSSR count). The van der Waals surface area contributed by atoms with Gasteiger partial charge in [-0.1, -0.05) is 18.2 Å². The van der Waals surface area contributed by atoms with Crippen molar-refractivity contribution in [3.8, 4) is 0 Å². The highest BCUT2D eigenvalue weighted by molar-refractivity contribution is 5.94. The number of carboxylic acid groups (broad SMARTS) is 1. The number of anilines is 2. The largest absolute Gasteiger partial charge is 0.481 e. The van der Waals surface area contributed by atoms with Crippen LogP contribution in [0.4, 0.5) is 11.4 Å². The number of pyridine rings is 1. The number of carboxylic acids is 1. The summed E-state index contributed by atoms with van der Waals surface area (Å²) in [6.07, 6.45) is 3.02. The molecule has 0 spiro atoms. The van der Waals surface area contributed by atoms with Crippen molar-refractivity contribution in [3.63, 3.8) is 0 Å². The van der Waals surface area contributed by atoms with E-state index in [0.29, 0.717) is 38.2 Å². The molecule has 3 N–H and O–H groups in total. The Morgan fingerprint density at radius 1 is 1.11 bits per heavy atom. The van der Waals surface area contributed by atoms with E-state index in [0.717, 1.165) is 22.7 Å². The molecule has 1 saturated heterocycles. The van der Waals surface area contributed by atoms with Crippen LogP contribution in [0, 0.1) is 33.6 Å². The summed E-state index contributed by atoms with van der Waals surface area (Å²) >= 11 is 0. The lowest BCUT2D eigenvalue weighted by atomic mass is 9.96. The van der Waals surface area contributed by atoms with E-state index >= 15 is 0 Å². The zero-order chi connectivity index (χ0) is 26.7. The van der Waals surface area contributed by atoms with E-state index in [4.69, 9.17) is 10.1 Å². The van der Waals surface area contributed by atoms with Gasteiger partial charge in [0.2, 0.25) is 11.8 Å². The van der Waals surface area contributed by atoms with E-state index < -0.39 is 5.97 Å². The molecule has 1 aliphatic rings. The lowest BCUT2D eigenvalue weighted by Crippen LogP contribution is -2.43. The molecule has 0 radical (unpaired) electrons. The van der Waals surface area contributed by atoms with Gasteiger partial charge >= 0.3 is 5.97 Å². The first kappa shape index (κ1) is 26.2. The standard InChI is InChI=1S/C28H35N5O4/c1-17-7-5-8-18(2)23(17)14-29-24-13-22(16-33-20(4)19(3)30-27(24)33)31-28(37)21-9-6-12-32(15-21)25(34)10-11-26(35)36/h5,7-8,13,16,21,29H,6,9-12,14-15H2,1-4H3,(H,31,37)(H,35,36)/t21-/m0/s1. The summed E-state index contributed by atoms with van der Waals surface area (Å²) in [4.78, 5) is 42.8. The Bertz CT molecular complexity index is 1330. The Morgan fingerprint density at radius 3 is 2.54 bits per heavy atom. The van der Waals surface area contributed by atoms with Gasteiger partial charge in [0.15, 0.2) is 5.65 Å². The fourth-order valence-corrected chi connectivity index (χ4v) is 4.92. The number of hydrogen-bond donors (Lipinski definition) is 3. The van der Waals surface area contributed by atoms with Crippen LogP contribution in [0.3, 0.4) is 0 Å². The topological polar surface area (TPSA) is 116 Å². The van der Waals surface area contributed by atoms with E-state index in [1.807, 2.05) is 30.5 Å².